The van der Waals surface area contributed by atoms with Gasteiger partial charge in [-0.25, -0.2) is 14.8 Å². The summed E-state index contributed by atoms with van der Waals surface area (Å²) in [6.07, 6.45) is 8.78. The quantitative estimate of drug-likeness (QED) is 0.643. The lowest BCUT2D eigenvalue weighted by molar-refractivity contribution is -0.145. The Labute approximate surface area is 149 Å². The van der Waals surface area contributed by atoms with Gasteiger partial charge >= 0.3 is 5.97 Å². The van der Waals surface area contributed by atoms with Crippen LogP contribution in [-0.2, 0) is 11.2 Å². The summed E-state index contributed by atoms with van der Waals surface area (Å²) in [5.41, 5.74) is 2.04. The summed E-state index contributed by atoms with van der Waals surface area (Å²) in [4.78, 5) is 20.0. The second-order valence-corrected chi connectivity index (χ2v) is 6.13. The van der Waals surface area contributed by atoms with Crippen LogP contribution in [0.4, 0.5) is 0 Å². The number of carbonyl (C=O) groups is 1. The molecule has 25 heavy (non-hydrogen) atoms. The number of aromatic nitrogens is 2. The van der Waals surface area contributed by atoms with Gasteiger partial charge in [-0.05, 0) is 49.1 Å². The molecule has 0 aliphatic heterocycles. The highest BCUT2D eigenvalue weighted by Crippen LogP contribution is 2.21. The molecule has 1 aromatic heterocycles. The summed E-state index contributed by atoms with van der Waals surface area (Å²) in [6.45, 7) is 4.12. The molecule has 5 heteroatoms. The number of benzene rings is 1. The van der Waals surface area contributed by atoms with Gasteiger partial charge in [0.25, 0.3) is 0 Å². The van der Waals surface area contributed by atoms with E-state index in [1.165, 1.54) is 12.8 Å². The third-order valence-electron chi connectivity index (χ3n) is 3.99. The SMILES string of the molecule is CCCCCc1cnc(-c2ccc(OC(CCC)C(=O)O)cc2)nc1. The van der Waals surface area contributed by atoms with E-state index in [2.05, 4.69) is 16.9 Å². The van der Waals surface area contributed by atoms with Gasteiger partial charge in [0.2, 0.25) is 0 Å². The molecule has 0 saturated carbocycles. The molecule has 0 saturated heterocycles. The first-order valence-electron chi connectivity index (χ1n) is 8.94. The molecule has 1 atom stereocenters. The lowest BCUT2D eigenvalue weighted by atomic mass is 10.1. The predicted molar refractivity (Wildman–Crippen MR) is 97.7 cm³/mol. The fourth-order valence-electron chi connectivity index (χ4n) is 2.55. The van der Waals surface area contributed by atoms with Crippen LogP contribution in [0.2, 0.25) is 0 Å². The van der Waals surface area contributed by atoms with E-state index in [1.807, 2.05) is 31.5 Å². The first-order chi connectivity index (χ1) is 12.1. The zero-order valence-corrected chi connectivity index (χ0v) is 14.9. The second-order valence-electron chi connectivity index (χ2n) is 6.13. The van der Waals surface area contributed by atoms with Crippen molar-refractivity contribution in [1.29, 1.82) is 0 Å². The molecule has 2 aromatic rings. The number of hydrogen-bond donors (Lipinski definition) is 1. The monoisotopic (exact) mass is 342 g/mol. The zero-order valence-electron chi connectivity index (χ0n) is 14.9. The Bertz CT molecular complexity index is 654. The van der Waals surface area contributed by atoms with Crippen molar-refractivity contribution < 1.29 is 14.6 Å². The maximum atomic E-state index is 11.2. The first-order valence-corrected chi connectivity index (χ1v) is 8.94. The van der Waals surface area contributed by atoms with Crippen LogP contribution in [0.1, 0.15) is 51.5 Å². The number of aliphatic carboxylic acids is 1. The molecule has 1 aromatic carbocycles. The van der Waals surface area contributed by atoms with Crippen LogP contribution >= 0.6 is 0 Å². The van der Waals surface area contributed by atoms with Crippen LogP contribution in [0.15, 0.2) is 36.7 Å². The van der Waals surface area contributed by atoms with Crippen molar-refractivity contribution in [2.45, 2.75) is 58.5 Å². The van der Waals surface area contributed by atoms with Crippen molar-refractivity contribution in [3.63, 3.8) is 0 Å². The van der Waals surface area contributed by atoms with E-state index in [0.717, 1.165) is 30.4 Å². The number of hydrogen-bond acceptors (Lipinski definition) is 4. The Morgan fingerprint density at radius 3 is 2.32 bits per heavy atom. The Kier molecular flexibility index (Phi) is 7.38. The standard InChI is InChI=1S/C20H26N2O3/c1-3-5-6-8-15-13-21-19(22-14-15)16-9-11-17(12-10-16)25-18(7-4-2)20(23)24/h9-14,18H,3-8H2,1-2H3,(H,23,24). The van der Waals surface area contributed by atoms with E-state index in [9.17, 15) is 4.79 Å². The molecule has 0 amide bonds. The lowest BCUT2D eigenvalue weighted by Gasteiger charge is -2.14. The molecular weight excluding hydrogens is 316 g/mol. The highest BCUT2D eigenvalue weighted by Gasteiger charge is 2.18. The third kappa shape index (κ3) is 5.85. The average Bonchev–Trinajstić information content (AvgIpc) is 2.63. The molecule has 0 radical (unpaired) electrons. The summed E-state index contributed by atoms with van der Waals surface area (Å²) in [6, 6.07) is 7.23. The minimum atomic E-state index is -0.937. The Morgan fingerprint density at radius 1 is 1.08 bits per heavy atom. The van der Waals surface area contributed by atoms with Gasteiger partial charge in [-0.3, -0.25) is 0 Å². The summed E-state index contributed by atoms with van der Waals surface area (Å²) in [7, 11) is 0. The fraction of sp³-hybridized carbons (Fsp3) is 0.450. The minimum absolute atomic E-state index is 0.486. The van der Waals surface area contributed by atoms with Gasteiger partial charge in [0, 0.05) is 18.0 Å². The highest BCUT2D eigenvalue weighted by atomic mass is 16.5. The normalized spacial score (nSPS) is 11.9. The van der Waals surface area contributed by atoms with Crippen LogP contribution < -0.4 is 4.74 Å². The third-order valence-corrected chi connectivity index (χ3v) is 3.99. The smallest absolute Gasteiger partial charge is 0.344 e. The van der Waals surface area contributed by atoms with Crippen molar-refractivity contribution in [2.24, 2.45) is 0 Å². The Balaban J connectivity index is 2.00. The molecule has 5 nitrogen and oxygen atoms in total. The van der Waals surface area contributed by atoms with E-state index in [-0.39, 0.29) is 0 Å². The van der Waals surface area contributed by atoms with Gasteiger partial charge in [0.1, 0.15) is 5.75 Å². The first kappa shape index (κ1) is 18.9. The van der Waals surface area contributed by atoms with Crippen LogP contribution in [-0.4, -0.2) is 27.1 Å². The van der Waals surface area contributed by atoms with Gasteiger partial charge in [0.15, 0.2) is 11.9 Å². The number of unbranched alkanes of at least 4 members (excludes halogenated alkanes) is 2. The molecule has 0 spiro atoms. The highest BCUT2D eigenvalue weighted by molar-refractivity contribution is 5.72. The number of rotatable bonds is 10. The van der Waals surface area contributed by atoms with E-state index in [4.69, 9.17) is 9.84 Å². The van der Waals surface area contributed by atoms with Crippen molar-refractivity contribution in [3.05, 3.63) is 42.2 Å². The van der Waals surface area contributed by atoms with Crippen molar-refractivity contribution in [1.82, 2.24) is 9.97 Å². The molecule has 0 aliphatic carbocycles. The van der Waals surface area contributed by atoms with E-state index < -0.39 is 12.1 Å². The molecule has 0 bridgehead atoms. The number of nitrogens with zero attached hydrogens (tertiary/aromatic N) is 2. The average molecular weight is 342 g/mol. The molecular formula is C20H26N2O3. The summed E-state index contributed by atoms with van der Waals surface area (Å²) in [5.74, 6) is 0.267. The van der Waals surface area contributed by atoms with Gasteiger partial charge in [-0.1, -0.05) is 33.1 Å². The molecule has 2 rings (SSSR count). The van der Waals surface area contributed by atoms with Gasteiger partial charge in [-0.2, -0.15) is 0 Å². The molecule has 0 aliphatic rings. The maximum Gasteiger partial charge on any atom is 0.344 e. The molecule has 1 N–H and O–H groups in total. The summed E-state index contributed by atoms with van der Waals surface area (Å²) in [5, 5.41) is 9.16. The van der Waals surface area contributed by atoms with Crippen LogP contribution in [0.5, 0.6) is 5.75 Å². The van der Waals surface area contributed by atoms with Gasteiger partial charge < -0.3 is 9.84 Å². The predicted octanol–water partition coefficient (Wildman–Crippen LogP) is 4.51. The van der Waals surface area contributed by atoms with Crippen molar-refractivity contribution >= 4 is 5.97 Å². The van der Waals surface area contributed by atoms with Gasteiger partial charge in [-0.15, -0.1) is 0 Å². The Hall–Kier alpha value is -2.43. The molecule has 1 unspecified atom stereocenters. The summed E-state index contributed by atoms with van der Waals surface area (Å²) >= 11 is 0. The fourth-order valence-corrected chi connectivity index (χ4v) is 2.55. The van der Waals surface area contributed by atoms with E-state index >= 15 is 0 Å². The van der Waals surface area contributed by atoms with Crippen LogP contribution in [0.25, 0.3) is 11.4 Å². The number of ether oxygens (including phenoxy) is 1. The largest absolute Gasteiger partial charge is 0.479 e. The lowest BCUT2D eigenvalue weighted by Crippen LogP contribution is -2.26. The zero-order chi connectivity index (χ0) is 18.1. The molecule has 134 valence electrons. The van der Waals surface area contributed by atoms with Crippen LogP contribution in [0.3, 0.4) is 0 Å². The number of carboxylic acid groups (broad SMARTS) is 1. The van der Waals surface area contributed by atoms with E-state index in [0.29, 0.717) is 18.0 Å². The van der Waals surface area contributed by atoms with Crippen LogP contribution in [0, 0.1) is 0 Å². The van der Waals surface area contributed by atoms with Crippen molar-refractivity contribution in [3.8, 4) is 17.1 Å². The second kappa shape index (κ2) is 9.77. The number of carboxylic acids is 1. The van der Waals surface area contributed by atoms with Crippen molar-refractivity contribution in [2.75, 3.05) is 0 Å². The summed E-state index contributed by atoms with van der Waals surface area (Å²) < 4.78 is 5.54. The van der Waals surface area contributed by atoms with Gasteiger partial charge in [0.05, 0.1) is 0 Å². The molecule has 0 fully saturated rings. The number of aryl methyl sites for hydroxylation is 1. The Morgan fingerprint density at radius 2 is 1.76 bits per heavy atom. The maximum absolute atomic E-state index is 11.2. The topological polar surface area (TPSA) is 72.3 Å². The molecule has 1 heterocycles. The minimum Gasteiger partial charge on any atom is -0.479 e. The van der Waals surface area contributed by atoms with E-state index in [1.54, 1.807) is 12.1 Å².